The minimum Gasteiger partial charge on any atom is -0.461 e. The fourth-order valence-corrected chi connectivity index (χ4v) is 5.38. The molecule has 0 heterocycles. The third-order valence-electron chi connectivity index (χ3n) is 8.07. The number of carbonyl (C=O) groups is 1. The zero-order valence-corrected chi connectivity index (χ0v) is 27.2. The number of hydrogen-bond acceptors (Lipinski definition) is 2. The molecule has 0 N–H and O–H groups in total. The van der Waals surface area contributed by atoms with Gasteiger partial charge >= 0.3 is 5.97 Å². The summed E-state index contributed by atoms with van der Waals surface area (Å²) in [5, 5.41) is 0. The first-order chi connectivity index (χ1) is 19.3. The van der Waals surface area contributed by atoms with Gasteiger partial charge in [-0.05, 0) is 89.2 Å². The fourth-order valence-electron chi connectivity index (χ4n) is 5.38. The monoisotopic (exact) mass is 550 g/mol. The Morgan fingerprint density at radius 2 is 1.48 bits per heavy atom. The Kier molecular flexibility index (Phi) is 20.3. The van der Waals surface area contributed by atoms with Gasteiger partial charge in [-0.2, -0.15) is 0 Å². The zero-order chi connectivity index (χ0) is 29.5. The molecule has 2 nitrogen and oxygen atoms in total. The molecule has 226 valence electrons. The van der Waals surface area contributed by atoms with Gasteiger partial charge in [-0.15, -0.1) is 0 Å². The van der Waals surface area contributed by atoms with Crippen molar-refractivity contribution in [2.75, 3.05) is 6.61 Å². The van der Waals surface area contributed by atoms with E-state index in [9.17, 15) is 4.79 Å². The summed E-state index contributed by atoms with van der Waals surface area (Å²) in [5.41, 5.74) is 5.64. The Balaban J connectivity index is 2.11. The van der Waals surface area contributed by atoms with Gasteiger partial charge in [0.2, 0.25) is 0 Å². The van der Waals surface area contributed by atoms with Gasteiger partial charge in [0.15, 0.2) is 0 Å². The standard InChI is InChI=1S/C38H62O2/c1-7-8-9-10-11-12-13-14-15-16-17-18-19-20-21-27-37(39)40-32-30-34(3)25-22-24-33(2)28-29-36-35(4)26-23-31-38(36,5)6/h14-15,22,24-25,28-30H,7-13,16-21,23,26-27,31-32H2,1-6H3/b15-14+,25-22+,29-28+,33-24+,34-30+. The summed E-state index contributed by atoms with van der Waals surface area (Å²) >= 11 is 0. The molecule has 2 heteroatoms. The van der Waals surface area contributed by atoms with Crippen molar-refractivity contribution in [1.29, 1.82) is 0 Å². The van der Waals surface area contributed by atoms with Gasteiger partial charge in [-0.1, -0.05) is 131 Å². The second-order valence-electron chi connectivity index (χ2n) is 12.5. The topological polar surface area (TPSA) is 26.3 Å². The fraction of sp³-hybridized carbons (Fsp3) is 0.658. The molecule has 0 aliphatic heterocycles. The van der Waals surface area contributed by atoms with Gasteiger partial charge in [-0.3, -0.25) is 4.79 Å². The third kappa shape index (κ3) is 18.3. The number of carbonyl (C=O) groups excluding carboxylic acids is 1. The lowest BCUT2D eigenvalue weighted by molar-refractivity contribution is -0.142. The van der Waals surface area contributed by atoms with E-state index in [0.29, 0.717) is 13.0 Å². The average Bonchev–Trinajstić information content (AvgIpc) is 2.90. The summed E-state index contributed by atoms with van der Waals surface area (Å²) in [6.45, 7) is 13.8. The molecule has 0 amide bonds. The van der Waals surface area contributed by atoms with Crippen LogP contribution < -0.4 is 0 Å². The number of esters is 1. The van der Waals surface area contributed by atoms with Gasteiger partial charge in [0.1, 0.15) is 6.61 Å². The second-order valence-corrected chi connectivity index (χ2v) is 12.5. The Bertz CT molecular complexity index is 875. The van der Waals surface area contributed by atoms with Gasteiger partial charge in [0, 0.05) is 6.42 Å². The van der Waals surface area contributed by atoms with E-state index in [2.05, 4.69) is 77.2 Å². The van der Waals surface area contributed by atoms with Crippen LogP contribution in [0.25, 0.3) is 0 Å². The van der Waals surface area contributed by atoms with E-state index in [0.717, 1.165) is 18.4 Å². The molecule has 0 saturated heterocycles. The molecular formula is C38H62O2. The zero-order valence-electron chi connectivity index (χ0n) is 27.2. The van der Waals surface area contributed by atoms with Crippen LogP contribution >= 0.6 is 0 Å². The molecule has 1 aliphatic carbocycles. The van der Waals surface area contributed by atoms with E-state index in [4.69, 9.17) is 4.74 Å². The maximum atomic E-state index is 12.0. The van der Waals surface area contributed by atoms with Crippen molar-refractivity contribution >= 4 is 5.97 Å². The van der Waals surface area contributed by atoms with Gasteiger partial charge in [-0.25, -0.2) is 0 Å². The van der Waals surface area contributed by atoms with Crippen molar-refractivity contribution in [2.45, 2.75) is 151 Å². The smallest absolute Gasteiger partial charge is 0.306 e. The van der Waals surface area contributed by atoms with Crippen LogP contribution in [0.15, 0.2) is 70.9 Å². The van der Waals surface area contributed by atoms with Crippen LogP contribution in [-0.2, 0) is 9.53 Å². The molecule has 0 aromatic carbocycles. The summed E-state index contributed by atoms with van der Waals surface area (Å²) in [5.74, 6) is -0.0817. The first-order valence-corrected chi connectivity index (χ1v) is 16.5. The minimum absolute atomic E-state index is 0.0817. The second kappa shape index (κ2) is 22.6. The number of unbranched alkanes of at least 4 members (excludes halogenated alkanes) is 11. The van der Waals surface area contributed by atoms with Gasteiger partial charge in [0.05, 0.1) is 0 Å². The molecule has 0 fully saturated rings. The van der Waals surface area contributed by atoms with Crippen LogP contribution in [0.5, 0.6) is 0 Å². The molecule has 0 aromatic heterocycles. The normalized spacial score (nSPS) is 16.6. The van der Waals surface area contributed by atoms with Gasteiger partial charge in [0.25, 0.3) is 0 Å². The highest BCUT2D eigenvalue weighted by Gasteiger charge is 2.26. The first-order valence-electron chi connectivity index (χ1n) is 16.5. The lowest BCUT2D eigenvalue weighted by Gasteiger charge is -2.32. The molecule has 0 bridgehead atoms. The molecule has 1 rings (SSSR count). The molecule has 0 radical (unpaired) electrons. The van der Waals surface area contributed by atoms with Crippen LogP contribution in [0, 0.1) is 5.41 Å². The van der Waals surface area contributed by atoms with Crippen molar-refractivity contribution in [3.8, 4) is 0 Å². The lowest BCUT2D eigenvalue weighted by Crippen LogP contribution is -2.19. The molecule has 40 heavy (non-hydrogen) atoms. The largest absolute Gasteiger partial charge is 0.461 e. The predicted molar refractivity (Wildman–Crippen MR) is 177 cm³/mol. The highest BCUT2D eigenvalue weighted by atomic mass is 16.5. The summed E-state index contributed by atoms with van der Waals surface area (Å²) < 4.78 is 5.40. The Labute approximate surface area is 248 Å². The predicted octanol–water partition coefficient (Wildman–Crippen LogP) is 12.1. The minimum atomic E-state index is -0.0817. The Morgan fingerprint density at radius 1 is 0.850 bits per heavy atom. The SMILES string of the molecule is CCCCCCCC/C=C/CCCCCCCC(=O)OC/C=C(C)/C=C/C=C(C)/C=C/C1=C(C)CCCC1(C)C. The van der Waals surface area contributed by atoms with E-state index < -0.39 is 0 Å². The number of ether oxygens (including phenoxy) is 1. The van der Waals surface area contributed by atoms with Crippen molar-refractivity contribution in [1.82, 2.24) is 0 Å². The van der Waals surface area contributed by atoms with Crippen LogP contribution in [-0.4, -0.2) is 12.6 Å². The third-order valence-corrected chi connectivity index (χ3v) is 8.07. The number of hydrogen-bond donors (Lipinski definition) is 0. The highest BCUT2D eigenvalue weighted by Crippen LogP contribution is 2.40. The molecular weight excluding hydrogens is 488 g/mol. The van der Waals surface area contributed by atoms with Crippen molar-refractivity contribution in [3.63, 3.8) is 0 Å². The number of rotatable bonds is 21. The van der Waals surface area contributed by atoms with Crippen LogP contribution in [0.4, 0.5) is 0 Å². The van der Waals surface area contributed by atoms with E-state index in [1.807, 2.05) is 13.0 Å². The van der Waals surface area contributed by atoms with E-state index in [1.54, 1.807) is 0 Å². The summed E-state index contributed by atoms with van der Waals surface area (Å²) in [6, 6.07) is 0. The van der Waals surface area contributed by atoms with E-state index >= 15 is 0 Å². The van der Waals surface area contributed by atoms with E-state index in [-0.39, 0.29) is 11.4 Å². The molecule has 0 saturated carbocycles. The van der Waals surface area contributed by atoms with E-state index in [1.165, 1.54) is 107 Å². The molecule has 0 aromatic rings. The Morgan fingerprint density at radius 3 is 2.12 bits per heavy atom. The van der Waals surface area contributed by atoms with Crippen LogP contribution in [0.3, 0.4) is 0 Å². The average molecular weight is 551 g/mol. The molecule has 1 aliphatic rings. The summed E-state index contributed by atoms with van der Waals surface area (Å²) in [4.78, 5) is 12.0. The molecule has 0 unspecified atom stereocenters. The maximum Gasteiger partial charge on any atom is 0.306 e. The lowest BCUT2D eigenvalue weighted by atomic mass is 9.72. The molecule has 0 atom stereocenters. The Hall–Kier alpha value is -2.09. The number of allylic oxidation sites excluding steroid dienone is 11. The molecule has 0 spiro atoms. The van der Waals surface area contributed by atoms with Crippen molar-refractivity contribution in [2.24, 2.45) is 5.41 Å². The quantitative estimate of drug-likeness (QED) is 0.0615. The summed E-state index contributed by atoms with van der Waals surface area (Å²) in [7, 11) is 0. The van der Waals surface area contributed by atoms with Crippen molar-refractivity contribution in [3.05, 3.63) is 70.9 Å². The first kappa shape index (κ1) is 35.9. The summed E-state index contributed by atoms with van der Waals surface area (Å²) in [6.07, 6.45) is 38.3. The van der Waals surface area contributed by atoms with Gasteiger partial charge < -0.3 is 4.74 Å². The maximum absolute atomic E-state index is 12.0. The van der Waals surface area contributed by atoms with Crippen LogP contribution in [0.1, 0.15) is 151 Å². The van der Waals surface area contributed by atoms with Crippen molar-refractivity contribution < 1.29 is 9.53 Å². The van der Waals surface area contributed by atoms with Crippen LogP contribution in [0.2, 0.25) is 0 Å². The highest BCUT2D eigenvalue weighted by molar-refractivity contribution is 5.69.